The first-order valence-corrected chi connectivity index (χ1v) is 6.23. The monoisotopic (exact) mass is 270 g/mol. The molecule has 98 valence electrons. The Labute approximate surface area is 110 Å². The Morgan fingerprint density at radius 3 is 2.67 bits per heavy atom. The maximum atomic E-state index is 13.9. The number of pyridine rings is 1. The van der Waals surface area contributed by atoms with Crippen molar-refractivity contribution >= 4 is 30.4 Å². The van der Waals surface area contributed by atoms with Crippen LogP contribution in [0.15, 0.2) is 6.07 Å². The van der Waals surface area contributed by atoms with E-state index in [0.717, 1.165) is 38.4 Å². The van der Waals surface area contributed by atoms with E-state index in [9.17, 15) is 9.18 Å². The van der Waals surface area contributed by atoms with Crippen LogP contribution in [0.25, 0.3) is 0 Å². The topological polar surface area (TPSA) is 71.2 Å². The van der Waals surface area contributed by atoms with Crippen molar-refractivity contribution in [1.82, 2.24) is 4.98 Å². The molecule has 0 aromatic carbocycles. The minimum atomic E-state index is -0.733. The van der Waals surface area contributed by atoms with Crippen LogP contribution in [-0.4, -0.2) is 24.0 Å². The van der Waals surface area contributed by atoms with Crippen LogP contribution in [0.1, 0.15) is 29.6 Å². The summed E-state index contributed by atoms with van der Waals surface area (Å²) in [6, 6.07) is 1.11. The summed E-state index contributed by atoms with van der Waals surface area (Å²) in [5.74, 6) is -0.828. The first-order valence-electron chi connectivity index (χ1n) is 5.79. The third-order valence-electron chi connectivity index (χ3n) is 2.98. The molecule has 1 aromatic heterocycles. The fraction of sp³-hybridized carbons (Fsp3) is 0.455. The number of amides is 1. The molecular weight excluding hydrogens is 255 g/mol. The Kier molecular flexibility index (Phi) is 3.90. The molecule has 1 fully saturated rings. The van der Waals surface area contributed by atoms with E-state index in [1.54, 1.807) is 0 Å². The minimum absolute atomic E-state index is 0.00302. The van der Waals surface area contributed by atoms with E-state index in [0.29, 0.717) is 0 Å². The molecule has 7 heteroatoms. The number of carbonyl (C=O) groups is 1. The third-order valence-corrected chi connectivity index (χ3v) is 3.20. The second kappa shape index (κ2) is 5.43. The Morgan fingerprint density at radius 1 is 1.44 bits per heavy atom. The van der Waals surface area contributed by atoms with Crippen molar-refractivity contribution in [2.24, 2.45) is 5.73 Å². The first-order chi connectivity index (χ1) is 8.63. The van der Waals surface area contributed by atoms with Crippen LogP contribution in [0, 0.1) is 5.82 Å². The Bertz CT molecular complexity index is 463. The number of nitrogens with two attached hydrogens (primary N) is 1. The summed E-state index contributed by atoms with van der Waals surface area (Å²) in [6.07, 6.45) is 3.18. The van der Waals surface area contributed by atoms with Crippen molar-refractivity contribution < 1.29 is 9.18 Å². The lowest BCUT2D eigenvalue weighted by Crippen LogP contribution is -2.31. The highest BCUT2D eigenvalue weighted by Crippen LogP contribution is 2.25. The van der Waals surface area contributed by atoms with Gasteiger partial charge in [-0.2, -0.15) is 0 Å². The van der Waals surface area contributed by atoms with Crippen LogP contribution in [-0.2, 0) is 0 Å². The van der Waals surface area contributed by atoms with E-state index in [-0.39, 0.29) is 17.2 Å². The van der Waals surface area contributed by atoms with E-state index >= 15 is 0 Å². The molecular formula is C11H15FN4OS. The zero-order valence-electron chi connectivity index (χ0n) is 9.82. The van der Waals surface area contributed by atoms with Gasteiger partial charge in [0.25, 0.3) is 5.91 Å². The number of thiol groups is 1. The molecule has 1 aliphatic heterocycles. The zero-order chi connectivity index (χ0) is 13.1. The van der Waals surface area contributed by atoms with Gasteiger partial charge >= 0.3 is 0 Å². The van der Waals surface area contributed by atoms with Crippen molar-refractivity contribution in [1.29, 1.82) is 0 Å². The SMILES string of the molecule is NC(=O)c1cc(F)c(N2CCCCC2)nc1NS. The molecule has 18 heavy (non-hydrogen) atoms. The molecule has 2 heterocycles. The maximum absolute atomic E-state index is 13.9. The number of nitrogens with zero attached hydrogens (tertiary/aromatic N) is 2. The van der Waals surface area contributed by atoms with Crippen LogP contribution in [0.4, 0.5) is 16.0 Å². The predicted octanol–water partition coefficient (Wildman–Crippen LogP) is 1.57. The Hall–Kier alpha value is -1.50. The molecule has 0 bridgehead atoms. The highest BCUT2D eigenvalue weighted by atomic mass is 32.1. The minimum Gasteiger partial charge on any atom is -0.365 e. The number of primary amides is 1. The number of aromatic nitrogens is 1. The zero-order valence-corrected chi connectivity index (χ0v) is 10.7. The summed E-state index contributed by atoms with van der Waals surface area (Å²) in [7, 11) is 0. The third kappa shape index (κ3) is 2.50. The van der Waals surface area contributed by atoms with E-state index < -0.39 is 11.7 Å². The standard InChI is InChI=1S/C11H15FN4OS/c12-8-6-7(9(13)17)10(15-18)14-11(8)16-4-2-1-3-5-16/h6,18H,1-5H2,(H2,13,17)(H,14,15). The number of carbonyl (C=O) groups excluding carboxylic acids is 1. The molecule has 1 aliphatic rings. The second-order valence-electron chi connectivity index (χ2n) is 4.21. The first kappa shape index (κ1) is 12.9. The average molecular weight is 270 g/mol. The van der Waals surface area contributed by atoms with Crippen molar-refractivity contribution in [2.75, 3.05) is 22.7 Å². The number of hydrogen-bond acceptors (Lipinski definition) is 5. The van der Waals surface area contributed by atoms with E-state index in [1.165, 1.54) is 0 Å². The van der Waals surface area contributed by atoms with Gasteiger partial charge < -0.3 is 15.4 Å². The molecule has 1 saturated heterocycles. The normalized spacial score (nSPS) is 15.6. The van der Waals surface area contributed by atoms with Crippen molar-refractivity contribution in [3.63, 3.8) is 0 Å². The van der Waals surface area contributed by atoms with E-state index in [1.807, 2.05) is 4.90 Å². The summed E-state index contributed by atoms with van der Waals surface area (Å²) in [5, 5.41) is 0. The van der Waals surface area contributed by atoms with E-state index in [2.05, 4.69) is 22.5 Å². The summed E-state index contributed by atoms with van der Waals surface area (Å²) < 4.78 is 16.4. The Balaban J connectivity index is 2.39. The number of hydrogen-bond donors (Lipinski definition) is 3. The van der Waals surface area contributed by atoms with Crippen LogP contribution < -0.4 is 15.4 Å². The predicted molar refractivity (Wildman–Crippen MR) is 71.4 cm³/mol. The van der Waals surface area contributed by atoms with Crippen molar-refractivity contribution in [3.8, 4) is 0 Å². The largest absolute Gasteiger partial charge is 0.365 e. The van der Waals surface area contributed by atoms with Gasteiger partial charge in [0.05, 0.1) is 5.56 Å². The highest BCUT2D eigenvalue weighted by molar-refractivity contribution is 7.81. The molecule has 5 nitrogen and oxygen atoms in total. The highest BCUT2D eigenvalue weighted by Gasteiger charge is 2.20. The van der Waals surface area contributed by atoms with Gasteiger partial charge in [-0.1, -0.05) is 12.8 Å². The van der Waals surface area contributed by atoms with Crippen LogP contribution in [0.2, 0.25) is 0 Å². The van der Waals surface area contributed by atoms with Crippen molar-refractivity contribution in [2.45, 2.75) is 19.3 Å². The number of piperidine rings is 1. The number of nitrogens with one attached hydrogen (secondary N) is 1. The average Bonchev–Trinajstić information content (AvgIpc) is 2.39. The molecule has 3 N–H and O–H groups in total. The van der Waals surface area contributed by atoms with Gasteiger partial charge in [0.1, 0.15) is 0 Å². The smallest absolute Gasteiger partial charge is 0.252 e. The number of halogens is 1. The molecule has 0 radical (unpaired) electrons. The van der Waals surface area contributed by atoms with Crippen LogP contribution in [0.3, 0.4) is 0 Å². The fourth-order valence-corrected chi connectivity index (χ4v) is 2.25. The fourth-order valence-electron chi connectivity index (χ4n) is 2.08. The summed E-state index contributed by atoms with van der Waals surface area (Å²) in [5.41, 5.74) is 5.16. The van der Waals surface area contributed by atoms with Gasteiger partial charge in [-0.25, -0.2) is 9.37 Å². The van der Waals surface area contributed by atoms with Gasteiger partial charge in [0, 0.05) is 13.1 Å². The Morgan fingerprint density at radius 2 is 2.11 bits per heavy atom. The van der Waals surface area contributed by atoms with Gasteiger partial charge in [-0.3, -0.25) is 4.79 Å². The van der Waals surface area contributed by atoms with Gasteiger partial charge in [0.2, 0.25) is 0 Å². The molecule has 1 amide bonds. The molecule has 0 spiro atoms. The lowest BCUT2D eigenvalue weighted by Gasteiger charge is -2.28. The van der Waals surface area contributed by atoms with Gasteiger partial charge in [-0.15, -0.1) is 0 Å². The number of anilines is 2. The summed E-state index contributed by atoms with van der Waals surface area (Å²) in [6.45, 7) is 1.54. The molecule has 1 aromatic rings. The summed E-state index contributed by atoms with van der Waals surface area (Å²) in [4.78, 5) is 17.1. The molecule has 0 saturated carbocycles. The van der Waals surface area contributed by atoms with Gasteiger partial charge in [-0.05, 0) is 25.3 Å². The van der Waals surface area contributed by atoms with Gasteiger partial charge in [0.15, 0.2) is 17.5 Å². The molecule has 0 aliphatic carbocycles. The lowest BCUT2D eigenvalue weighted by molar-refractivity contribution is 0.100. The van der Waals surface area contributed by atoms with Crippen molar-refractivity contribution in [3.05, 3.63) is 17.4 Å². The van der Waals surface area contributed by atoms with Crippen LogP contribution in [0.5, 0.6) is 0 Å². The second-order valence-corrected chi connectivity index (χ2v) is 4.44. The lowest BCUT2D eigenvalue weighted by atomic mass is 10.1. The molecule has 2 rings (SSSR count). The maximum Gasteiger partial charge on any atom is 0.252 e. The summed E-state index contributed by atoms with van der Waals surface area (Å²) >= 11 is 3.86. The molecule has 0 atom stereocenters. The number of rotatable bonds is 3. The van der Waals surface area contributed by atoms with Crippen LogP contribution >= 0.6 is 12.8 Å². The van der Waals surface area contributed by atoms with E-state index in [4.69, 9.17) is 5.73 Å². The quantitative estimate of drug-likeness (QED) is 0.729. The molecule has 0 unspecified atom stereocenters.